The van der Waals surface area contributed by atoms with E-state index in [-0.39, 0.29) is 22.4 Å². The molecule has 0 radical (unpaired) electrons. The summed E-state index contributed by atoms with van der Waals surface area (Å²) in [5.74, 6) is -2.03. The first-order chi connectivity index (χ1) is 10.1. The highest BCUT2D eigenvalue weighted by Crippen LogP contribution is 2.23. The Morgan fingerprint density at radius 3 is 2.32 bits per heavy atom. The van der Waals surface area contributed by atoms with Crippen LogP contribution in [0.2, 0.25) is 5.02 Å². The third-order valence-electron chi connectivity index (χ3n) is 3.25. The van der Waals surface area contributed by atoms with E-state index in [4.69, 9.17) is 16.7 Å². The molecule has 22 heavy (non-hydrogen) atoms. The Labute approximate surface area is 134 Å². The molecule has 2 N–H and O–H groups in total. The molecule has 6 nitrogen and oxygen atoms in total. The Kier molecular flexibility index (Phi) is 5.93. The lowest BCUT2D eigenvalue weighted by molar-refractivity contribution is -0.141. The summed E-state index contributed by atoms with van der Waals surface area (Å²) < 4.78 is 0. The van der Waals surface area contributed by atoms with E-state index in [9.17, 15) is 14.4 Å². The van der Waals surface area contributed by atoms with Crippen molar-refractivity contribution in [2.75, 3.05) is 12.4 Å². The van der Waals surface area contributed by atoms with Crippen molar-refractivity contribution in [1.82, 2.24) is 4.90 Å². The van der Waals surface area contributed by atoms with Gasteiger partial charge in [0, 0.05) is 18.7 Å². The number of nitrogens with one attached hydrogen (secondary N) is 1. The van der Waals surface area contributed by atoms with Crippen molar-refractivity contribution in [3.63, 3.8) is 0 Å². The molecule has 1 unspecified atom stereocenters. The van der Waals surface area contributed by atoms with Gasteiger partial charge in [0.05, 0.1) is 10.6 Å². The number of carbonyl (C=O) groups excluding carboxylic acids is 2. The lowest BCUT2D eigenvalue weighted by Gasteiger charge is -2.22. The Morgan fingerprint density at radius 1 is 1.23 bits per heavy atom. The van der Waals surface area contributed by atoms with E-state index in [0.717, 1.165) is 4.90 Å². The van der Waals surface area contributed by atoms with Gasteiger partial charge in [0.15, 0.2) is 0 Å². The molecular formula is C15H19ClN2O4. The van der Waals surface area contributed by atoms with Crippen LogP contribution in [0.4, 0.5) is 5.69 Å². The standard InChI is InChI=1S/C15H19ClN2O4/c1-8(2)13(19)17-10-5-6-12(16)11(7-10)14(20)18(4)9(3)15(21)22/h5-9H,1-4H3,(H,17,19)(H,21,22). The van der Waals surface area contributed by atoms with Crippen LogP contribution in [0.25, 0.3) is 0 Å². The third-order valence-corrected chi connectivity index (χ3v) is 3.58. The van der Waals surface area contributed by atoms with Crippen LogP contribution in [-0.4, -0.2) is 40.9 Å². The second kappa shape index (κ2) is 7.26. The molecular weight excluding hydrogens is 308 g/mol. The van der Waals surface area contributed by atoms with Crippen molar-refractivity contribution in [1.29, 1.82) is 0 Å². The number of hydrogen-bond donors (Lipinski definition) is 2. The van der Waals surface area contributed by atoms with Crippen LogP contribution in [0.3, 0.4) is 0 Å². The summed E-state index contributed by atoms with van der Waals surface area (Å²) in [6.07, 6.45) is 0. The van der Waals surface area contributed by atoms with E-state index >= 15 is 0 Å². The van der Waals surface area contributed by atoms with Crippen molar-refractivity contribution in [2.24, 2.45) is 5.92 Å². The molecule has 0 aliphatic carbocycles. The summed E-state index contributed by atoms with van der Waals surface area (Å²) in [5, 5.41) is 11.8. The van der Waals surface area contributed by atoms with Gasteiger partial charge in [0.25, 0.3) is 5.91 Å². The van der Waals surface area contributed by atoms with Crippen LogP contribution >= 0.6 is 11.6 Å². The summed E-state index contributed by atoms with van der Waals surface area (Å²) in [7, 11) is 1.39. The molecule has 0 saturated carbocycles. The number of nitrogens with zero attached hydrogens (tertiary/aromatic N) is 1. The van der Waals surface area contributed by atoms with Gasteiger partial charge in [-0.2, -0.15) is 0 Å². The molecule has 0 aliphatic rings. The zero-order valence-electron chi connectivity index (χ0n) is 12.9. The molecule has 0 bridgehead atoms. The lowest BCUT2D eigenvalue weighted by atomic mass is 10.1. The Hall–Kier alpha value is -2.08. The number of carbonyl (C=O) groups is 3. The molecule has 0 fully saturated rings. The number of amides is 2. The topological polar surface area (TPSA) is 86.7 Å². The Bertz CT molecular complexity index is 601. The second-order valence-corrected chi connectivity index (χ2v) is 5.68. The average molecular weight is 327 g/mol. The first-order valence-electron chi connectivity index (χ1n) is 6.75. The SMILES string of the molecule is CC(C)C(=O)Nc1ccc(Cl)c(C(=O)N(C)C(C)C(=O)O)c1. The molecule has 7 heteroatoms. The van der Waals surface area contributed by atoms with Gasteiger partial charge < -0.3 is 15.3 Å². The third kappa shape index (κ3) is 4.21. The summed E-state index contributed by atoms with van der Waals surface area (Å²) >= 11 is 6.01. The molecule has 2 amide bonds. The molecule has 0 heterocycles. The Balaban J connectivity index is 3.06. The van der Waals surface area contributed by atoms with Crippen molar-refractivity contribution in [3.05, 3.63) is 28.8 Å². The van der Waals surface area contributed by atoms with Gasteiger partial charge in [-0.1, -0.05) is 25.4 Å². The summed E-state index contributed by atoms with van der Waals surface area (Å²) in [6, 6.07) is 3.53. The van der Waals surface area contributed by atoms with Crippen molar-refractivity contribution in [2.45, 2.75) is 26.8 Å². The first kappa shape index (κ1) is 18.0. The largest absolute Gasteiger partial charge is 0.480 e. The highest BCUT2D eigenvalue weighted by Gasteiger charge is 2.24. The lowest BCUT2D eigenvalue weighted by Crippen LogP contribution is -2.40. The van der Waals surface area contributed by atoms with Gasteiger partial charge in [0.2, 0.25) is 5.91 Å². The minimum absolute atomic E-state index is 0.138. The predicted molar refractivity (Wildman–Crippen MR) is 84.1 cm³/mol. The maximum absolute atomic E-state index is 12.3. The van der Waals surface area contributed by atoms with E-state index in [1.165, 1.54) is 26.1 Å². The van der Waals surface area contributed by atoms with Crippen LogP contribution in [0, 0.1) is 5.92 Å². The maximum Gasteiger partial charge on any atom is 0.326 e. The van der Waals surface area contributed by atoms with E-state index in [1.807, 2.05) is 0 Å². The van der Waals surface area contributed by atoms with Gasteiger partial charge in [-0.05, 0) is 25.1 Å². The van der Waals surface area contributed by atoms with E-state index in [1.54, 1.807) is 19.9 Å². The molecule has 0 spiro atoms. The van der Waals surface area contributed by atoms with Gasteiger partial charge >= 0.3 is 5.97 Å². The zero-order chi connectivity index (χ0) is 17.0. The fraction of sp³-hybridized carbons (Fsp3) is 0.400. The van der Waals surface area contributed by atoms with Crippen molar-refractivity contribution in [3.8, 4) is 0 Å². The number of rotatable bonds is 5. The number of carboxylic acids is 1. The van der Waals surface area contributed by atoms with E-state index in [2.05, 4.69) is 5.32 Å². The summed E-state index contributed by atoms with van der Waals surface area (Å²) in [6.45, 7) is 4.90. The molecule has 120 valence electrons. The van der Waals surface area contributed by atoms with Gasteiger partial charge in [-0.3, -0.25) is 9.59 Å². The number of halogens is 1. The molecule has 0 aromatic heterocycles. The smallest absolute Gasteiger partial charge is 0.326 e. The second-order valence-electron chi connectivity index (χ2n) is 5.27. The summed E-state index contributed by atoms with van der Waals surface area (Å²) in [4.78, 5) is 36.1. The fourth-order valence-corrected chi connectivity index (χ4v) is 1.78. The predicted octanol–water partition coefficient (Wildman–Crippen LogP) is 2.48. The maximum atomic E-state index is 12.3. The van der Waals surface area contributed by atoms with Crippen molar-refractivity contribution < 1.29 is 19.5 Å². The normalized spacial score (nSPS) is 11.9. The van der Waals surface area contributed by atoms with E-state index < -0.39 is 17.9 Å². The number of likely N-dealkylation sites (N-methyl/N-ethyl adjacent to an activating group) is 1. The quantitative estimate of drug-likeness (QED) is 0.870. The number of benzene rings is 1. The summed E-state index contributed by atoms with van der Waals surface area (Å²) in [5.41, 5.74) is 0.571. The highest BCUT2D eigenvalue weighted by molar-refractivity contribution is 6.34. The van der Waals surface area contributed by atoms with Crippen LogP contribution in [-0.2, 0) is 9.59 Å². The first-order valence-corrected chi connectivity index (χ1v) is 7.13. The number of aliphatic carboxylic acids is 1. The monoisotopic (exact) mass is 326 g/mol. The van der Waals surface area contributed by atoms with Crippen LogP contribution < -0.4 is 5.32 Å². The minimum Gasteiger partial charge on any atom is -0.480 e. The number of carboxylic acid groups (broad SMARTS) is 1. The number of anilines is 1. The molecule has 0 saturated heterocycles. The zero-order valence-corrected chi connectivity index (χ0v) is 13.6. The molecule has 1 aromatic carbocycles. The van der Waals surface area contributed by atoms with Crippen LogP contribution in [0.5, 0.6) is 0 Å². The fourth-order valence-electron chi connectivity index (χ4n) is 1.59. The molecule has 1 rings (SSSR count). The van der Waals surface area contributed by atoms with Crippen LogP contribution in [0.1, 0.15) is 31.1 Å². The minimum atomic E-state index is -1.11. The molecule has 0 aliphatic heterocycles. The molecule has 1 atom stereocenters. The van der Waals surface area contributed by atoms with Crippen LogP contribution in [0.15, 0.2) is 18.2 Å². The Morgan fingerprint density at radius 2 is 1.82 bits per heavy atom. The molecule has 1 aromatic rings. The van der Waals surface area contributed by atoms with Gasteiger partial charge in [-0.15, -0.1) is 0 Å². The number of hydrogen-bond acceptors (Lipinski definition) is 3. The highest BCUT2D eigenvalue weighted by atomic mass is 35.5. The average Bonchev–Trinajstić information content (AvgIpc) is 2.46. The van der Waals surface area contributed by atoms with Gasteiger partial charge in [0.1, 0.15) is 6.04 Å². The van der Waals surface area contributed by atoms with Gasteiger partial charge in [-0.25, -0.2) is 4.79 Å². The van der Waals surface area contributed by atoms with E-state index in [0.29, 0.717) is 5.69 Å². The van der Waals surface area contributed by atoms with Crippen molar-refractivity contribution >= 4 is 35.1 Å².